The van der Waals surface area contributed by atoms with Gasteiger partial charge in [0.25, 0.3) is 0 Å². The maximum Gasteiger partial charge on any atom is 0.422 e. The molecule has 2 rings (SSSR count). The highest BCUT2D eigenvalue weighted by molar-refractivity contribution is 7.91. The summed E-state index contributed by atoms with van der Waals surface area (Å²) in [5.41, 5.74) is -0.607. The Bertz CT molecular complexity index is 735. The van der Waals surface area contributed by atoms with E-state index < -0.39 is 34.1 Å². The molecule has 0 bridgehead atoms. The minimum Gasteiger partial charge on any atom is -0.443 e. The molecule has 1 aromatic rings. The Labute approximate surface area is 153 Å². The molecule has 1 N–H and O–H groups in total. The van der Waals surface area contributed by atoms with Crippen LogP contribution in [0.4, 0.5) is 14.9 Å². The lowest BCUT2D eigenvalue weighted by atomic mass is 10.0. The molecule has 0 unspecified atom stereocenters. The van der Waals surface area contributed by atoms with Crippen LogP contribution in [0.15, 0.2) is 12.4 Å². The van der Waals surface area contributed by atoms with Crippen LogP contribution in [0, 0.1) is 0 Å². The summed E-state index contributed by atoms with van der Waals surface area (Å²) in [6, 6.07) is -0.687. The van der Waals surface area contributed by atoms with Crippen molar-refractivity contribution in [2.45, 2.75) is 45.0 Å². The summed E-state index contributed by atoms with van der Waals surface area (Å²) in [4.78, 5) is 13.7. The van der Waals surface area contributed by atoms with Crippen LogP contribution in [0.25, 0.3) is 0 Å². The Hall–Kier alpha value is -1.88. The molecule has 2 heterocycles. The maximum absolute atomic E-state index is 14.0. The number of aromatic nitrogens is 2. The van der Waals surface area contributed by atoms with Crippen LogP contribution < -0.4 is 9.03 Å². The molecule has 1 aliphatic heterocycles. The number of rotatable bonds is 4. The van der Waals surface area contributed by atoms with Crippen molar-refractivity contribution < 1.29 is 22.3 Å². The Morgan fingerprint density at radius 1 is 1.38 bits per heavy atom. The van der Waals surface area contributed by atoms with Gasteiger partial charge in [0.1, 0.15) is 11.8 Å². The number of likely N-dealkylation sites (N-methyl/N-ethyl adjacent to an activating group) is 1. The predicted molar refractivity (Wildman–Crippen MR) is 94.8 cm³/mol. The molecule has 0 radical (unpaired) electrons. The fourth-order valence-electron chi connectivity index (χ4n) is 2.91. The summed E-state index contributed by atoms with van der Waals surface area (Å²) >= 11 is 0. The first-order valence-electron chi connectivity index (χ1n) is 8.24. The van der Waals surface area contributed by atoms with E-state index in [0.29, 0.717) is 6.54 Å². The first kappa shape index (κ1) is 20.4. The number of hydrogen-bond donors (Lipinski definition) is 1. The zero-order chi connectivity index (χ0) is 19.7. The van der Waals surface area contributed by atoms with Crippen molar-refractivity contribution in [3.05, 3.63) is 12.4 Å². The van der Waals surface area contributed by atoms with Gasteiger partial charge in [0, 0.05) is 32.8 Å². The predicted octanol–water partition coefficient (Wildman–Crippen LogP) is 1.04. The molecule has 0 aliphatic carbocycles. The van der Waals surface area contributed by atoms with E-state index in [9.17, 15) is 17.6 Å². The van der Waals surface area contributed by atoms with E-state index in [0.717, 1.165) is 4.31 Å². The van der Waals surface area contributed by atoms with Crippen LogP contribution in [-0.2, 0) is 22.0 Å². The van der Waals surface area contributed by atoms with Crippen molar-refractivity contribution in [2.24, 2.45) is 7.05 Å². The standard InChI is InChI=1S/C15H26FN5O4S/c1-15(2,3)25-14(22)18-26(23,24)21(13-7-17-20(5)10-13)12-6-11(16)8-19(4)9-12/h7,10-12H,6,8-9H2,1-5H3,(H,18,22)/t11-,12+/m0/s1. The van der Waals surface area contributed by atoms with Gasteiger partial charge < -0.3 is 9.64 Å². The Kier molecular flexibility index (Phi) is 5.81. The molecule has 0 spiro atoms. The highest BCUT2D eigenvalue weighted by Gasteiger charge is 2.38. The first-order valence-corrected chi connectivity index (χ1v) is 9.68. The Balaban J connectivity index is 2.32. The van der Waals surface area contributed by atoms with Gasteiger partial charge in [-0.15, -0.1) is 0 Å². The van der Waals surface area contributed by atoms with Crippen molar-refractivity contribution in [1.82, 2.24) is 19.4 Å². The highest BCUT2D eigenvalue weighted by atomic mass is 32.2. The quantitative estimate of drug-likeness (QED) is 0.824. The van der Waals surface area contributed by atoms with E-state index in [1.165, 1.54) is 17.1 Å². The number of halogens is 1. The normalized spacial score (nSPS) is 22.1. The zero-order valence-electron chi connectivity index (χ0n) is 15.6. The molecule has 1 aromatic heterocycles. The number of carbonyl (C=O) groups excluding carboxylic acids is 1. The van der Waals surface area contributed by atoms with Crippen molar-refractivity contribution in [2.75, 3.05) is 24.4 Å². The third-order valence-electron chi connectivity index (χ3n) is 3.71. The van der Waals surface area contributed by atoms with Gasteiger partial charge in [-0.3, -0.25) is 4.68 Å². The number of nitrogens with one attached hydrogen (secondary N) is 1. The summed E-state index contributed by atoms with van der Waals surface area (Å²) in [7, 11) is -0.962. The number of piperidine rings is 1. The lowest BCUT2D eigenvalue weighted by molar-refractivity contribution is 0.0570. The maximum atomic E-state index is 14.0. The zero-order valence-corrected chi connectivity index (χ0v) is 16.5. The number of anilines is 1. The fourth-order valence-corrected chi connectivity index (χ4v) is 4.18. The van der Waals surface area contributed by atoms with Gasteiger partial charge in [-0.1, -0.05) is 0 Å². The number of carbonyl (C=O) groups is 1. The van der Waals surface area contributed by atoms with Gasteiger partial charge in [-0.05, 0) is 27.8 Å². The number of amides is 1. The number of likely N-dealkylation sites (tertiary alicyclic amines) is 1. The third-order valence-corrected chi connectivity index (χ3v) is 5.16. The van der Waals surface area contributed by atoms with Crippen LogP contribution in [0.1, 0.15) is 27.2 Å². The highest BCUT2D eigenvalue weighted by Crippen LogP contribution is 2.26. The molecule has 0 saturated carbocycles. The lowest BCUT2D eigenvalue weighted by Crippen LogP contribution is -2.56. The van der Waals surface area contributed by atoms with Crippen molar-refractivity contribution >= 4 is 22.0 Å². The van der Waals surface area contributed by atoms with Gasteiger partial charge in [0.15, 0.2) is 0 Å². The summed E-state index contributed by atoms with van der Waals surface area (Å²) in [6.07, 6.45) is 0.614. The number of nitrogens with zero attached hydrogens (tertiary/aromatic N) is 4. The molecule has 9 nitrogen and oxygen atoms in total. The molecule has 148 valence electrons. The summed E-state index contributed by atoms with van der Waals surface area (Å²) < 4.78 is 49.2. The molecule has 1 saturated heterocycles. The van der Waals surface area contributed by atoms with Crippen LogP contribution in [0.3, 0.4) is 0 Å². The summed E-state index contributed by atoms with van der Waals surface area (Å²) in [5, 5.41) is 3.98. The molecule has 2 atom stereocenters. The van der Waals surface area contributed by atoms with Crippen LogP contribution in [0.2, 0.25) is 0 Å². The van der Waals surface area contributed by atoms with E-state index in [2.05, 4.69) is 5.10 Å². The van der Waals surface area contributed by atoms with Crippen molar-refractivity contribution in [3.63, 3.8) is 0 Å². The number of ether oxygens (including phenoxy) is 1. The van der Waals surface area contributed by atoms with Gasteiger partial charge in [0.2, 0.25) is 0 Å². The minimum atomic E-state index is -4.32. The van der Waals surface area contributed by atoms with Gasteiger partial charge in [0.05, 0.1) is 17.9 Å². The average molecular weight is 391 g/mol. The number of hydrogen-bond acceptors (Lipinski definition) is 6. The minimum absolute atomic E-state index is 0.0223. The van der Waals surface area contributed by atoms with E-state index in [1.807, 2.05) is 4.72 Å². The molecular weight excluding hydrogens is 365 g/mol. The summed E-state index contributed by atoms with van der Waals surface area (Å²) in [6.45, 7) is 5.44. The second-order valence-electron chi connectivity index (χ2n) is 7.49. The molecule has 0 aromatic carbocycles. The van der Waals surface area contributed by atoms with E-state index in [-0.39, 0.29) is 18.7 Å². The molecule has 26 heavy (non-hydrogen) atoms. The molecular formula is C15H26FN5O4S. The lowest BCUT2D eigenvalue weighted by Gasteiger charge is -2.38. The Morgan fingerprint density at radius 3 is 2.54 bits per heavy atom. The van der Waals surface area contributed by atoms with Crippen LogP contribution >= 0.6 is 0 Å². The van der Waals surface area contributed by atoms with Crippen LogP contribution in [0.5, 0.6) is 0 Å². The van der Waals surface area contributed by atoms with Gasteiger partial charge in [-0.25, -0.2) is 18.2 Å². The number of alkyl halides is 1. The monoisotopic (exact) mass is 391 g/mol. The van der Waals surface area contributed by atoms with Crippen molar-refractivity contribution in [1.29, 1.82) is 0 Å². The van der Waals surface area contributed by atoms with E-state index in [4.69, 9.17) is 4.74 Å². The summed E-state index contributed by atoms with van der Waals surface area (Å²) in [5.74, 6) is 0. The van der Waals surface area contributed by atoms with Crippen molar-refractivity contribution in [3.8, 4) is 0 Å². The molecule has 1 fully saturated rings. The largest absolute Gasteiger partial charge is 0.443 e. The second-order valence-corrected chi connectivity index (χ2v) is 9.03. The topological polar surface area (TPSA) is 96.8 Å². The molecule has 11 heteroatoms. The Morgan fingerprint density at radius 2 is 2.04 bits per heavy atom. The molecule has 1 aliphatic rings. The van der Waals surface area contributed by atoms with Gasteiger partial charge in [-0.2, -0.15) is 13.5 Å². The molecule has 1 amide bonds. The van der Waals surface area contributed by atoms with Gasteiger partial charge >= 0.3 is 16.3 Å². The SMILES string of the molecule is CN1C[C@@H](F)C[C@@H](N(c2cnn(C)c2)S(=O)(=O)NC(=O)OC(C)(C)C)C1. The third kappa shape index (κ3) is 5.31. The number of aryl methyl sites for hydroxylation is 1. The first-order chi connectivity index (χ1) is 11.9. The van der Waals surface area contributed by atoms with E-state index >= 15 is 0 Å². The second kappa shape index (κ2) is 7.39. The average Bonchev–Trinajstić information content (AvgIpc) is 2.80. The van der Waals surface area contributed by atoms with Crippen LogP contribution in [-0.4, -0.2) is 67.1 Å². The fraction of sp³-hybridized carbons (Fsp3) is 0.733. The smallest absolute Gasteiger partial charge is 0.422 e. The van der Waals surface area contributed by atoms with E-state index in [1.54, 1.807) is 39.8 Å².